The Morgan fingerprint density at radius 2 is 1.68 bits per heavy atom. The second kappa shape index (κ2) is 17.9. The van der Waals surface area contributed by atoms with E-state index in [9.17, 15) is 14.7 Å². The SMILES string of the molecule is CCCC(CCO[Si](c1ccccc1)(c1ccccc1)C(C)(C)C)Nc1nc(NC(=O)OC)nc2cnn(Cc3nnc(C4=CCN(C(=O)O)CC4)cc3OC)c12. The number of nitrogens with zero attached hydrogens (tertiary/aromatic N) is 7. The number of carbonyl (C=O) groups is 2. The average Bonchev–Trinajstić information content (AvgIpc) is 3.62. The van der Waals surface area contributed by atoms with Crippen molar-refractivity contribution in [2.75, 3.05) is 44.5 Å². The summed E-state index contributed by atoms with van der Waals surface area (Å²) in [5, 5.41) is 31.6. The number of benzene rings is 2. The number of rotatable bonds is 15. The lowest BCUT2D eigenvalue weighted by molar-refractivity contribution is 0.150. The first kappa shape index (κ1) is 40.8. The molecule has 57 heavy (non-hydrogen) atoms. The van der Waals surface area contributed by atoms with E-state index in [1.54, 1.807) is 18.0 Å². The van der Waals surface area contributed by atoms with Crippen LogP contribution in [0.2, 0.25) is 5.04 Å². The third-order valence-electron chi connectivity index (χ3n) is 10.2. The van der Waals surface area contributed by atoms with E-state index in [2.05, 4.69) is 107 Å². The summed E-state index contributed by atoms with van der Waals surface area (Å²) in [6, 6.07) is 22.9. The lowest BCUT2D eigenvalue weighted by atomic mass is 10.0. The quantitative estimate of drug-likeness (QED) is 0.103. The van der Waals surface area contributed by atoms with Gasteiger partial charge >= 0.3 is 12.2 Å². The smallest absolute Gasteiger partial charge is 0.413 e. The Labute approximate surface area is 333 Å². The zero-order valence-corrected chi connectivity index (χ0v) is 34.4. The molecule has 6 rings (SSSR count). The van der Waals surface area contributed by atoms with Crippen molar-refractivity contribution in [3.63, 3.8) is 0 Å². The molecule has 3 N–H and O–H groups in total. The second-order valence-corrected chi connectivity index (χ2v) is 19.2. The van der Waals surface area contributed by atoms with Gasteiger partial charge in [-0.05, 0) is 40.2 Å². The molecule has 1 unspecified atom stereocenters. The van der Waals surface area contributed by atoms with Crippen LogP contribution in [0, 0.1) is 0 Å². The number of carbonyl (C=O) groups excluding carboxylic acids is 1. The number of ether oxygens (including phenoxy) is 2. The summed E-state index contributed by atoms with van der Waals surface area (Å²) < 4.78 is 19.6. The number of anilines is 2. The molecule has 300 valence electrons. The summed E-state index contributed by atoms with van der Waals surface area (Å²) >= 11 is 0. The number of aromatic nitrogens is 6. The molecule has 2 amide bonds. The third kappa shape index (κ3) is 9.07. The van der Waals surface area contributed by atoms with Crippen LogP contribution in [0.3, 0.4) is 0 Å². The summed E-state index contributed by atoms with van der Waals surface area (Å²) in [6.45, 7) is 10.3. The first-order valence-corrected chi connectivity index (χ1v) is 21.1. The Morgan fingerprint density at radius 3 is 2.26 bits per heavy atom. The molecule has 5 aromatic rings. The third-order valence-corrected chi connectivity index (χ3v) is 15.3. The van der Waals surface area contributed by atoms with Gasteiger partial charge in [0.2, 0.25) is 5.95 Å². The van der Waals surface area contributed by atoms with Crippen LogP contribution in [0.25, 0.3) is 16.6 Å². The Bertz CT molecular complexity index is 2150. The molecule has 0 saturated carbocycles. The number of hydrogen-bond donors (Lipinski definition) is 3. The topological polar surface area (TPSA) is 179 Å². The number of nitrogens with one attached hydrogen (secondary N) is 2. The number of fused-ring (bicyclic) bond motifs is 1. The maximum absolute atomic E-state index is 12.3. The molecule has 0 fully saturated rings. The summed E-state index contributed by atoms with van der Waals surface area (Å²) in [7, 11) is 0.0858. The van der Waals surface area contributed by atoms with Gasteiger partial charge in [-0.2, -0.15) is 15.2 Å². The molecule has 1 atom stereocenters. The van der Waals surface area contributed by atoms with Crippen LogP contribution in [0.5, 0.6) is 5.75 Å². The first-order valence-electron chi connectivity index (χ1n) is 19.1. The molecule has 4 heterocycles. The predicted octanol–water partition coefficient (Wildman–Crippen LogP) is 6.17. The van der Waals surface area contributed by atoms with Crippen LogP contribution >= 0.6 is 0 Å². The van der Waals surface area contributed by atoms with E-state index in [4.69, 9.17) is 18.9 Å². The van der Waals surface area contributed by atoms with E-state index in [1.165, 1.54) is 22.4 Å². The normalized spacial score (nSPS) is 13.9. The Kier molecular flexibility index (Phi) is 12.8. The van der Waals surface area contributed by atoms with Crippen LogP contribution in [-0.4, -0.2) is 100 Å². The van der Waals surface area contributed by atoms with E-state index < -0.39 is 20.5 Å². The molecule has 0 radical (unpaired) electrons. The van der Waals surface area contributed by atoms with Gasteiger partial charge in [0.25, 0.3) is 8.32 Å². The van der Waals surface area contributed by atoms with E-state index in [1.807, 2.05) is 24.3 Å². The fourth-order valence-corrected chi connectivity index (χ4v) is 12.0. The highest BCUT2D eigenvalue weighted by atomic mass is 28.4. The van der Waals surface area contributed by atoms with Gasteiger partial charge in [-0.1, -0.05) is 101 Å². The minimum absolute atomic E-state index is 0.0601. The van der Waals surface area contributed by atoms with Crippen molar-refractivity contribution >= 4 is 59.3 Å². The molecule has 16 heteroatoms. The van der Waals surface area contributed by atoms with Gasteiger partial charge in [0.1, 0.15) is 22.5 Å². The fourth-order valence-electron chi connectivity index (χ4n) is 7.42. The van der Waals surface area contributed by atoms with Crippen molar-refractivity contribution < 1.29 is 28.6 Å². The van der Waals surface area contributed by atoms with Crippen molar-refractivity contribution in [2.45, 2.75) is 71.0 Å². The summed E-state index contributed by atoms with van der Waals surface area (Å²) in [5.41, 5.74) is 3.16. The minimum atomic E-state index is -2.76. The molecule has 1 aliphatic rings. The predicted molar refractivity (Wildman–Crippen MR) is 222 cm³/mol. The van der Waals surface area contributed by atoms with Crippen molar-refractivity contribution in [3.05, 3.63) is 90.4 Å². The summed E-state index contributed by atoms with van der Waals surface area (Å²) in [5.74, 6) is 1.06. The molecule has 2 aromatic carbocycles. The summed E-state index contributed by atoms with van der Waals surface area (Å²) in [6.07, 6.45) is 4.74. The molecule has 3 aromatic heterocycles. The van der Waals surface area contributed by atoms with Gasteiger partial charge in [0, 0.05) is 31.8 Å². The number of carboxylic acid groups (broad SMARTS) is 1. The molecule has 0 bridgehead atoms. The van der Waals surface area contributed by atoms with Crippen LogP contribution in [-0.2, 0) is 15.7 Å². The molecular formula is C41H51N9O6Si. The van der Waals surface area contributed by atoms with E-state index in [0.717, 1.165) is 18.4 Å². The molecule has 15 nitrogen and oxygen atoms in total. The van der Waals surface area contributed by atoms with Crippen LogP contribution < -0.4 is 25.7 Å². The van der Waals surface area contributed by atoms with Gasteiger partial charge in [0.15, 0.2) is 5.82 Å². The summed E-state index contributed by atoms with van der Waals surface area (Å²) in [4.78, 5) is 34.4. The number of amides is 2. The second-order valence-electron chi connectivity index (χ2n) is 14.9. The maximum atomic E-state index is 12.3. The fraction of sp³-hybridized carbons (Fsp3) is 0.390. The lowest BCUT2D eigenvalue weighted by Gasteiger charge is -2.43. The standard InChI is InChI=1S/C41H51N9O6Si/c1-7-14-29(21-24-56-57(41(2,3)4,30-15-10-8-11-16-30)31-17-12-9-13-18-31)43-37-36-33(44-38(45-37)46-39(51)55-6)26-42-50(36)27-34-35(54-5)25-32(47-48-34)28-19-22-49(23-20-28)40(52)53/h8-13,15-19,25-26,29H,7,14,20-24,27H2,1-6H3,(H,52,53)(H2,43,44,45,46,51). The van der Waals surface area contributed by atoms with Gasteiger partial charge in [-0.3, -0.25) is 10.00 Å². The maximum Gasteiger partial charge on any atom is 0.413 e. The molecule has 1 aliphatic heterocycles. The van der Waals surface area contributed by atoms with Gasteiger partial charge in [-0.15, -0.1) is 5.10 Å². The van der Waals surface area contributed by atoms with Crippen molar-refractivity contribution in [2.24, 2.45) is 0 Å². The average molecular weight is 794 g/mol. The number of methoxy groups -OCH3 is 2. The van der Waals surface area contributed by atoms with Gasteiger partial charge in [0.05, 0.1) is 32.7 Å². The Morgan fingerprint density at radius 1 is 0.982 bits per heavy atom. The minimum Gasteiger partial charge on any atom is -0.495 e. The highest BCUT2D eigenvalue weighted by Crippen LogP contribution is 2.37. The van der Waals surface area contributed by atoms with Crippen LogP contribution in [0.15, 0.2) is 79.0 Å². The Hall–Kier alpha value is -5.87. The molecule has 0 aliphatic carbocycles. The zero-order valence-electron chi connectivity index (χ0n) is 33.4. The highest BCUT2D eigenvalue weighted by Gasteiger charge is 2.50. The first-order chi connectivity index (χ1) is 27.5. The van der Waals surface area contributed by atoms with Crippen molar-refractivity contribution in [1.29, 1.82) is 0 Å². The van der Waals surface area contributed by atoms with Gasteiger partial charge in [-0.25, -0.2) is 14.6 Å². The van der Waals surface area contributed by atoms with E-state index in [0.29, 0.717) is 60.0 Å². The largest absolute Gasteiger partial charge is 0.495 e. The Balaban J connectivity index is 1.30. The van der Waals surface area contributed by atoms with Crippen molar-refractivity contribution in [3.8, 4) is 5.75 Å². The van der Waals surface area contributed by atoms with Gasteiger partial charge < -0.3 is 29.2 Å². The van der Waals surface area contributed by atoms with E-state index >= 15 is 0 Å². The molecule has 0 saturated heterocycles. The molecular weight excluding hydrogens is 743 g/mol. The van der Waals surface area contributed by atoms with E-state index in [-0.39, 0.29) is 30.1 Å². The highest BCUT2D eigenvalue weighted by molar-refractivity contribution is 6.99. The van der Waals surface area contributed by atoms with Crippen LogP contribution in [0.1, 0.15) is 64.8 Å². The number of hydrogen-bond acceptors (Lipinski definition) is 11. The lowest BCUT2D eigenvalue weighted by Crippen LogP contribution is -2.66. The monoisotopic (exact) mass is 793 g/mol. The van der Waals surface area contributed by atoms with Crippen molar-refractivity contribution in [1.82, 2.24) is 34.8 Å². The molecule has 0 spiro atoms. The zero-order chi connectivity index (χ0) is 40.6. The van der Waals surface area contributed by atoms with Crippen LogP contribution in [0.4, 0.5) is 21.4 Å².